The summed E-state index contributed by atoms with van der Waals surface area (Å²) in [7, 11) is -4.32. The smallest absolute Gasteiger partial charge is 0.408 e. The fourth-order valence-electron chi connectivity index (χ4n) is 9.13. The van der Waals surface area contributed by atoms with Crippen LogP contribution in [0.15, 0.2) is 30.4 Å². The van der Waals surface area contributed by atoms with Crippen LogP contribution in [0.5, 0.6) is 5.88 Å². The van der Waals surface area contributed by atoms with E-state index in [-0.39, 0.29) is 47.7 Å². The number of sulfonamides is 1. The first kappa shape index (κ1) is 42.6. The highest BCUT2D eigenvalue weighted by Gasteiger charge is 2.67. The van der Waals surface area contributed by atoms with Gasteiger partial charge < -0.3 is 25.0 Å². The number of halogens is 4. The van der Waals surface area contributed by atoms with E-state index in [2.05, 4.69) is 20.6 Å². The van der Waals surface area contributed by atoms with Crippen LogP contribution in [-0.4, -0.2) is 94.6 Å². The molecule has 6 aliphatic rings. The Morgan fingerprint density at radius 1 is 1.07 bits per heavy atom. The van der Waals surface area contributed by atoms with Crippen molar-refractivity contribution in [2.45, 2.75) is 126 Å². The molecule has 15 nitrogen and oxygen atoms in total. The number of rotatable bonds is 6. The summed E-state index contributed by atoms with van der Waals surface area (Å²) in [4.78, 5) is 65.8. The fourth-order valence-corrected chi connectivity index (χ4v) is 10.4. The zero-order valence-corrected chi connectivity index (χ0v) is 34.7. The molecular formula is C41H47F4N7O8S. The summed E-state index contributed by atoms with van der Waals surface area (Å²) in [6.07, 6.45) is -2.29. The van der Waals surface area contributed by atoms with Gasteiger partial charge in [-0.15, -0.1) is 0 Å². The second-order valence-electron chi connectivity index (χ2n) is 18.7. The number of nitriles is 1. The summed E-state index contributed by atoms with van der Waals surface area (Å²) in [6, 6.07) is 3.08. The molecule has 0 radical (unpaired) electrons. The third-order valence-electron chi connectivity index (χ3n) is 13.3. The van der Waals surface area contributed by atoms with Crippen molar-refractivity contribution in [1.82, 2.24) is 30.2 Å². The van der Waals surface area contributed by atoms with Crippen LogP contribution in [0.4, 0.5) is 22.4 Å². The summed E-state index contributed by atoms with van der Waals surface area (Å²) in [5.74, 6) is -9.06. The van der Waals surface area contributed by atoms with Crippen LogP contribution < -0.4 is 20.1 Å². The molecule has 2 aromatic rings. The minimum absolute atomic E-state index is 0.0332. The second-order valence-corrected chi connectivity index (χ2v) is 20.9. The number of benzene rings is 1. The minimum atomic E-state index is -4.32. The van der Waals surface area contributed by atoms with E-state index < -0.39 is 123 Å². The van der Waals surface area contributed by atoms with Gasteiger partial charge in [0.2, 0.25) is 34.1 Å². The molecule has 8 rings (SSSR count). The predicted molar refractivity (Wildman–Crippen MR) is 207 cm³/mol. The van der Waals surface area contributed by atoms with E-state index in [0.29, 0.717) is 24.8 Å². The van der Waals surface area contributed by atoms with Crippen molar-refractivity contribution >= 4 is 44.9 Å². The molecular weight excluding hydrogens is 827 g/mol. The third-order valence-corrected chi connectivity index (χ3v) is 15.4. The number of hydrogen-bond donors (Lipinski definition) is 3. The molecule has 0 unspecified atom stereocenters. The Morgan fingerprint density at radius 3 is 2.46 bits per heavy atom. The number of carbonyl (C=O) groups excluding carboxylic acids is 4. The number of alkyl carbamates (subject to hydrolysis) is 1. The summed E-state index contributed by atoms with van der Waals surface area (Å²) >= 11 is 0. The van der Waals surface area contributed by atoms with Gasteiger partial charge in [-0.1, -0.05) is 26.8 Å². The van der Waals surface area contributed by atoms with Crippen LogP contribution in [0, 0.1) is 40.4 Å². The zero-order chi connectivity index (χ0) is 44.0. The Morgan fingerprint density at radius 2 is 1.80 bits per heavy atom. The highest BCUT2D eigenvalue weighted by atomic mass is 32.2. The van der Waals surface area contributed by atoms with Gasteiger partial charge in [-0.25, -0.2) is 32.0 Å². The van der Waals surface area contributed by atoms with Crippen molar-refractivity contribution in [2.24, 2.45) is 29.1 Å². The predicted octanol–water partition coefficient (Wildman–Crippen LogP) is 4.60. The van der Waals surface area contributed by atoms with Crippen LogP contribution in [0.25, 0.3) is 11.0 Å². The minimum Gasteiger partial charge on any atom is -0.471 e. The maximum absolute atomic E-state index is 16.3. The van der Waals surface area contributed by atoms with Crippen LogP contribution in [0.3, 0.4) is 0 Å². The zero-order valence-electron chi connectivity index (χ0n) is 33.9. The average Bonchev–Trinajstić information content (AvgIpc) is 4.14. The molecule has 5 fully saturated rings. The lowest BCUT2D eigenvalue weighted by Gasteiger charge is -2.36. The topological polar surface area (TPSA) is 210 Å². The number of carbonyl (C=O) groups is 4. The lowest BCUT2D eigenvalue weighted by molar-refractivity contribution is -0.143. The number of ether oxygens (including phenoxy) is 2. The van der Waals surface area contributed by atoms with E-state index in [0.717, 1.165) is 11.3 Å². The van der Waals surface area contributed by atoms with Gasteiger partial charge in [0.05, 0.1) is 39.9 Å². The molecule has 2 aliphatic heterocycles. The summed E-state index contributed by atoms with van der Waals surface area (Å²) in [6.45, 7) is 5.90. The Balaban J connectivity index is 1.17. The van der Waals surface area contributed by atoms with Crippen LogP contribution >= 0.6 is 0 Å². The fraction of sp³-hybridized carbons (Fsp3) is 0.634. The normalized spacial score (nSPS) is 33.3. The standard InChI is InChI=1S/C41H47F4N7O8S/c1-38(2,3)31-35(54)52-19-22(16-28(52)33(53)50-40(17-25(40)32(42)43)36(55)51-61(57,58)39(4)11-12-39)59-34-30(47-26-9-8-20(18-46)13-27(26)48-34)41(44,45)10-6-5-7-23-24-14-21(24)15-29(23)60-37(56)49-31/h6,8-10,13,21-25,28-29,31-32H,5,7,11-12,14-17,19H2,1-4H3,(H,49,56)(H,50,53)(H,51,55)/b10-6+/t21-,22+,23+,24-,25-,28-,29+,31+,40+/m0/s1. The number of hydrogen-bond acceptors (Lipinski definition) is 11. The van der Waals surface area contributed by atoms with E-state index in [1.807, 2.05) is 10.8 Å². The van der Waals surface area contributed by atoms with Crippen LogP contribution in [-0.2, 0) is 35.1 Å². The Bertz CT molecular complexity index is 2370. The molecule has 3 heterocycles. The number of nitrogens with zero attached hydrogens (tertiary/aromatic N) is 4. The van der Waals surface area contributed by atoms with Crippen molar-refractivity contribution < 1.29 is 54.6 Å². The molecule has 328 valence electrons. The van der Waals surface area contributed by atoms with Gasteiger partial charge in [-0.05, 0) is 99.3 Å². The van der Waals surface area contributed by atoms with Crippen molar-refractivity contribution in [3.05, 3.63) is 41.6 Å². The van der Waals surface area contributed by atoms with Gasteiger partial charge in [-0.3, -0.25) is 19.1 Å². The molecule has 20 heteroatoms. The number of alkyl halides is 4. The first-order valence-corrected chi connectivity index (χ1v) is 21.9. The quantitative estimate of drug-likeness (QED) is 0.270. The molecule has 4 aliphatic carbocycles. The third kappa shape index (κ3) is 7.98. The monoisotopic (exact) mass is 873 g/mol. The van der Waals surface area contributed by atoms with E-state index >= 15 is 8.78 Å². The van der Waals surface area contributed by atoms with Crippen molar-refractivity contribution in [3.8, 4) is 11.9 Å². The summed E-state index contributed by atoms with van der Waals surface area (Å²) < 4.78 is 99.8. The second kappa shape index (κ2) is 14.8. The number of fused-ring (bicyclic) bond motifs is 7. The summed E-state index contributed by atoms with van der Waals surface area (Å²) in [5, 5.41) is 14.5. The average molecular weight is 874 g/mol. The Hall–Kier alpha value is -5.06. The van der Waals surface area contributed by atoms with Crippen LogP contribution in [0.2, 0.25) is 0 Å². The molecule has 4 saturated carbocycles. The van der Waals surface area contributed by atoms with Gasteiger partial charge in [0.15, 0.2) is 5.69 Å². The molecule has 1 aromatic carbocycles. The molecule has 3 N–H and O–H groups in total. The first-order chi connectivity index (χ1) is 28.6. The van der Waals surface area contributed by atoms with E-state index in [9.17, 15) is 41.6 Å². The first-order valence-electron chi connectivity index (χ1n) is 20.4. The number of amides is 4. The highest BCUT2D eigenvalue weighted by Crippen LogP contribution is 2.58. The lowest BCUT2D eigenvalue weighted by atomic mass is 9.85. The van der Waals surface area contributed by atoms with E-state index in [1.165, 1.54) is 31.2 Å². The number of nitrogens with one attached hydrogen (secondary N) is 3. The van der Waals surface area contributed by atoms with Crippen LogP contribution in [0.1, 0.15) is 90.3 Å². The molecule has 61 heavy (non-hydrogen) atoms. The largest absolute Gasteiger partial charge is 0.471 e. The van der Waals surface area contributed by atoms with Gasteiger partial charge >= 0.3 is 12.0 Å². The lowest BCUT2D eigenvalue weighted by Crippen LogP contribution is -2.60. The van der Waals surface area contributed by atoms with E-state index in [1.54, 1.807) is 20.8 Å². The van der Waals surface area contributed by atoms with E-state index in [4.69, 9.17) is 9.47 Å². The highest BCUT2D eigenvalue weighted by molar-refractivity contribution is 7.91. The van der Waals surface area contributed by atoms with Crippen molar-refractivity contribution in [2.75, 3.05) is 6.54 Å². The molecule has 2 bridgehead atoms. The SMILES string of the molecule is CC(C)(C)[C@@H]1NC(=O)O[C@@H]2C[C@@H]3C[C@@H]3[C@H]2CC/C=C/C(F)(F)c2nc3ccc(C#N)cc3nc2O[C@@H]2C[C@@H](C(=O)N[C@]3(C(=O)NS(=O)(=O)C4(C)CC4)C[C@H]3C(F)F)N(C2)C1=O. The number of allylic oxidation sites excluding steroid dienone is 2. The molecule has 1 saturated heterocycles. The Kier molecular flexibility index (Phi) is 10.3. The molecule has 9 atom stereocenters. The Labute approximate surface area is 349 Å². The van der Waals surface area contributed by atoms with Crippen molar-refractivity contribution in [3.63, 3.8) is 0 Å². The number of aromatic nitrogens is 2. The molecule has 0 spiro atoms. The molecule has 1 aromatic heterocycles. The maximum atomic E-state index is 16.3. The van der Waals surface area contributed by atoms with Gasteiger partial charge in [0, 0.05) is 6.42 Å². The summed E-state index contributed by atoms with van der Waals surface area (Å²) in [5.41, 5.74) is -4.04. The van der Waals surface area contributed by atoms with Gasteiger partial charge in [0.1, 0.15) is 29.8 Å². The van der Waals surface area contributed by atoms with Crippen molar-refractivity contribution in [1.29, 1.82) is 5.26 Å². The molecule has 4 amide bonds. The van der Waals surface area contributed by atoms with Gasteiger partial charge in [0.25, 0.3) is 5.91 Å². The van der Waals surface area contributed by atoms with Gasteiger partial charge in [-0.2, -0.15) is 14.0 Å². The maximum Gasteiger partial charge on any atom is 0.408 e.